The maximum atomic E-state index is 12.0. The van der Waals surface area contributed by atoms with Gasteiger partial charge in [0.2, 0.25) is 0 Å². The normalized spacial score (nSPS) is 13.1. The number of esters is 1. The van der Waals surface area contributed by atoms with Crippen LogP contribution in [0.2, 0.25) is 0 Å². The van der Waals surface area contributed by atoms with Crippen molar-refractivity contribution in [3.8, 4) is 0 Å². The molecule has 1 aromatic carbocycles. The molecule has 2 unspecified atom stereocenters. The summed E-state index contributed by atoms with van der Waals surface area (Å²) in [6.45, 7) is 6.74. The molecule has 0 bridgehead atoms. The van der Waals surface area contributed by atoms with Crippen LogP contribution in [0.4, 0.5) is 9.59 Å². The molecular weight excluding hydrogens is 340 g/mol. The molecule has 0 aliphatic heterocycles. The van der Waals surface area contributed by atoms with Gasteiger partial charge in [0.25, 0.3) is 0 Å². The van der Waals surface area contributed by atoms with E-state index in [9.17, 15) is 14.4 Å². The maximum Gasteiger partial charge on any atom is 0.408 e. The fourth-order valence-electron chi connectivity index (χ4n) is 1.98. The SMILES string of the molecule is COC(=O)C(NC(=O)OCc1ccccc1)C(C)NC(=O)OC(C)(C)C. The Balaban J connectivity index is 2.63. The Hall–Kier alpha value is -2.77. The van der Waals surface area contributed by atoms with Crippen LogP contribution < -0.4 is 10.6 Å². The molecule has 0 saturated carbocycles. The van der Waals surface area contributed by atoms with E-state index in [0.717, 1.165) is 5.56 Å². The van der Waals surface area contributed by atoms with E-state index in [1.807, 2.05) is 18.2 Å². The van der Waals surface area contributed by atoms with Gasteiger partial charge in [0, 0.05) is 0 Å². The van der Waals surface area contributed by atoms with Gasteiger partial charge < -0.3 is 24.8 Å². The van der Waals surface area contributed by atoms with Crippen LogP contribution in [0.25, 0.3) is 0 Å². The second kappa shape index (κ2) is 9.65. The number of ether oxygens (including phenoxy) is 3. The number of alkyl carbamates (subject to hydrolysis) is 2. The average Bonchev–Trinajstić information content (AvgIpc) is 2.56. The summed E-state index contributed by atoms with van der Waals surface area (Å²) in [6, 6.07) is 7.19. The topological polar surface area (TPSA) is 103 Å². The third-order valence-electron chi connectivity index (χ3n) is 3.19. The molecule has 26 heavy (non-hydrogen) atoms. The molecule has 8 heteroatoms. The van der Waals surface area contributed by atoms with Gasteiger partial charge in [0.1, 0.15) is 18.2 Å². The molecule has 0 spiro atoms. The monoisotopic (exact) mass is 366 g/mol. The molecule has 0 saturated heterocycles. The first-order valence-electron chi connectivity index (χ1n) is 8.17. The highest BCUT2D eigenvalue weighted by Crippen LogP contribution is 2.08. The average molecular weight is 366 g/mol. The van der Waals surface area contributed by atoms with E-state index >= 15 is 0 Å². The van der Waals surface area contributed by atoms with Gasteiger partial charge in [-0.25, -0.2) is 14.4 Å². The first kappa shape index (κ1) is 21.3. The van der Waals surface area contributed by atoms with Crippen molar-refractivity contribution in [1.29, 1.82) is 0 Å². The Bertz CT molecular complexity index is 612. The molecule has 0 aliphatic carbocycles. The molecule has 0 heterocycles. The zero-order valence-corrected chi connectivity index (χ0v) is 15.7. The largest absolute Gasteiger partial charge is 0.467 e. The van der Waals surface area contributed by atoms with Crippen molar-refractivity contribution in [2.24, 2.45) is 0 Å². The second-order valence-electron chi connectivity index (χ2n) is 6.64. The van der Waals surface area contributed by atoms with E-state index in [-0.39, 0.29) is 6.61 Å². The van der Waals surface area contributed by atoms with Crippen LogP contribution in [0.1, 0.15) is 33.3 Å². The molecule has 2 atom stereocenters. The van der Waals surface area contributed by atoms with Crippen LogP contribution in [-0.2, 0) is 25.6 Å². The number of benzene rings is 1. The maximum absolute atomic E-state index is 12.0. The molecule has 0 aliphatic rings. The predicted molar refractivity (Wildman–Crippen MR) is 94.4 cm³/mol. The van der Waals surface area contributed by atoms with Gasteiger partial charge in [-0.1, -0.05) is 30.3 Å². The van der Waals surface area contributed by atoms with Gasteiger partial charge >= 0.3 is 18.2 Å². The molecule has 0 aromatic heterocycles. The number of methoxy groups -OCH3 is 1. The molecule has 2 N–H and O–H groups in total. The number of amides is 2. The minimum Gasteiger partial charge on any atom is -0.467 e. The highest BCUT2D eigenvalue weighted by molar-refractivity contribution is 5.83. The van der Waals surface area contributed by atoms with Crippen molar-refractivity contribution in [3.63, 3.8) is 0 Å². The van der Waals surface area contributed by atoms with Crippen molar-refractivity contribution in [3.05, 3.63) is 35.9 Å². The lowest BCUT2D eigenvalue weighted by Gasteiger charge is -2.26. The summed E-state index contributed by atoms with van der Waals surface area (Å²) in [6.07, 6.45) is -1.51. The van der Waals surface area contributed by atoms with Crippen molar-refractivity contribution in [2.75, 3.05) is 7.11 Å². The molecular formula is C18H26N2O6. The quantitative estimate of drug-likeness (QED) is 0.592. The molecule has 144 valence electrons. The lowest BCUT2D eigenvalue weighted by molar-refractivity contribution is -0.143. The van der Waals surface area contributed by atoms with E-state index in [4.69, 9.17) is 9.47 Å². The van der Waals surface area contributed by atoms with Crippen molar-refractivity contribution in [2.45, 2.75) is 52.0 Å². The van der Waals surface area contributed by atoms with E-state index in [1.165, 1.54) is 7.11 Å². The highest BCUT2D eigenvalue weighted by atomic mass is 16.6. The fourth-order valence-corrected chi connectivity index (χ4v) is 1.98. The first-order chi connectivity index (χ1) is 12.1. The van der Waals surface area contributed by atoms with Crippen molar-refractivity contribution in [1.82, 2.24) is 10.6 Å². The molecule has 2 amide bonds. The molecule has 1 aromatic rings. The van der Waals surface area contributed by atoms with Crippen molar-refractivity contribution < 1.29 is 28.6 Å². The van der Waals surface area contributed by atoms with Crippen LogP contribution >= 0.6 is 0 Å². The fraction of sp³-hybridized carbons (Fsp3) is 0.500. The van der Waals surface area contributed by atoms with Gasteiger partial charge in [-0.2, -0.15) is 0 Å². The number of carbonyl (C=O) groups is 3. The second-order valence-corrected chi connectivity index (χ2v) is 6.64. The molecule has 8 nitrogen and oxygen atoms in total. The Labute approximate surface area is 153 Å². The Kier molecular flexibility index (Phi) is 7.89. The summed E-state index contributed by atoms with van der Waals surface area (Å²) in [5.41, 5.74) is 0.115. The zero-order chi connectivity index (χ0) is 19.7. The van der Waals surface area contributed by atoms with E-state index in [0.29, 0.717) is 0 Å². The number of carbonyl (C=O) groups excluding carboxylic acids is 3. The van der Waals surface area contributed by atoms with Crippen LogP contribution in [-0.4, -0.2) is 43.0 Å². The smallest absolute Gasteiger partial charge is 0.408 e. The van der Waals surface area contributed by atoms with Crippen LogP contribution in [0.15, 0.2) is 30.3 Å². The number of hydrogen-bond donors (Lipinski definition) is 2. The molecule has 1 rings (SSSR count). The van der Waals surface area contributed by atoms with Crippen molar-refractivity contribution >= 4 is 18.2 Å². The van der Waals surface area contributed by atoms with Crippen LogP contribution in [0, 0.1) is 0 Å². The Morgan fingerprint density at radius 2 is 1.65 bits per heavy atom. The van der Waals surface area contributed by atoms with E-state index < -0.39 is 35.8 Å². The van der Waals surface area contributed by atoms with Gasteiger partial charge in [0.15, 0.2) is 0 Å². The lowest BCUT2D eigenvalue weighted by Crippen LogP contribution is -2.55. The first-order valence-corrected chi connectivity index (χ1v) is 8.17. The summed E-state index contributed by atoms with van der Waals surface area (Å²) in [7, 11) is 1.19. The van der Waals surface area contributed by atoms with Crippen LogP contribution in [0.3, 0.4) is 0 Å². The lowest BCUT2D eigenvalue weighted by atomic mass is 10.1. The summed E-state index contributed by atoms with van der Waals surface area (Å²) >= 11 is 0. The highest BCUT2D eigenvalue weighted by Gasteiger charge is 2.30. The van der Waals surface area contributed by atoms with Gasteiger partial charge in [-0.3, -0.25) is 0 Å². The van der Waals surface area contributed by atoms with Gasteiger partial charge in [0.05, 0.1) is 13.2 Å². The number of nitrogens with one attached hydrogen (secondary N) is 2. The number of rotatable bonds is 6. The summed E-state index contributed by atoms with van der Waals surface area (Å²) in [5, 5.41) is 4.90. The standard InChI is InChI=1S/C18H26N2O6/c1-12(19-17(23)26-18(2,3)4)14(15(21)24-5)20-16(22)25-11-13-9-7-6-8-10-13/h6-10,12,14H,11H2,1-5H3,(H,19,23)(H,20,22). The predicted octanol–water partition coefficient (Wildman–Crippen LogP) is 2.37. The zero-order valence-electron chi connectivity index (χ0n) is 15.7. The summed E-state index contributed by atoms with van der Waals surface area (Å²) < 4.78 is 14.9. The Morgan fingerprint density at radius 1 is 1.04 bits per heavy atom. The van der Waals surface area contributed by atoms with E-state index in [1.54, 1.807) is 39.8 Å². The number of hydrogen-bond acceptors (Lipinski definition) is 6. The molecule has 0 fully saturated rings. The third kappa shape index (κ3) is 7.87. The summed E-state index contributed by atoms with van der Waals surface area (Å²) in [4.78, 5) is 35.8. The summed E-state index contributed by atoms with van der Waals surface area (Å²) in [5.74, 6) is -0.717. The van der Waals surface area contributed by atoms with Crippen LogP contribution in [0.5, 0.6) is 0 Å². The third-order valence-corrected chi connectivity index (χ3v) is 3.19. The Morgan fingerprint density at radius 3 is 2.19 bits per heavy atom. The van der Waals surface area contributed by atoms with E-state index in [2.05, 4.69) is 15.4 Å². The van der Waals surface area contributed by atoms with Gasteiger partial charge in [-0.15, -0.1) is 0 Å². The molecule has 0 radical (unpaired) electrons. The minimum absolute atomic E-state index is 0.0500. The van der Waals surface area contributed by atoms with Gasteiger partial charge in [-0.05, 0) is 33.3 Å². The minimum atomic E-state index is -1.13.